The van der Waals surface area contributed by atoms with Crippen molar-refractivity contribution in [3.8, 4) is 11.4 Å². The summed E-state index contributed by atoms with van der Waals surface area (Å²) in [5, 5.41) is 15.4. The van der Waals surface area contributed by atoms with Crippen molar-refractivity contribution in [2.45, 2.75) is 40.3 Å². The van der Waals surface area contributed by atoms with Gasteiger partial charge in [-0.2, -0.15) is 5.10 Å². The summed E-state index contributed by atoms with van der Waals surface area (Å²) in [6.45, 7) is 8.67. The summed E-state index contributed by atoms with van der Waals surface area (Å²) in [7, 11) is 0. The van der Waals surface area contributed by atoms with Crippen molar-refractivity contribution in [1.29, 1.82) is 0 Å². The zero-order valence-corrected chi connectivity index (χ0v) is 18.6. The fourth-order valence-electron chi connectivity index (χ4n) is 4.44. The third-order valence-corrected chi connectivity index (χ3v) is 6.09. The van der Waals surface area contributed by atoms with Crippen LogP contribution in [0.2, 0.25) is 0 Å². The molecular formula is C25H25N5O2. The first-order chi connectivity index (χ1) is 15.3. The maximum Gasteiger partial charge on any atom is 0.276 e. The van der Waals surface area contributed by atoms with Gasteiger partial charge in [-0.1, -0.05) is 11.6 Å². The van der Waals surface area contributed by atoms with Gasteiger partial charge < -0.3 is 10.0 Å². The normalized spacial score (nSPS) is 14.7. The molecule has 0 saturated carbocycles. The van der Waals surface area contributed by atoms with Crippen molar-refractivity contribution in [3.05, 3.63) is 70.7 Å². The number of rotatable bonds is 3. The zero-order valence-electron chi connectivity index (χ0n) is 18.6. The molecule has 32 heavy (non-hydrogen) atoms. The summed E-state index contributed by atoms with van der Waals surface area (Å²) >= 11 is 0. The molecule has 0 radical (unpaired) electrons. The number of aliphatic hydroxyl groups is 1. The van der Waals surface area contributed by atoms with Crippen LogP contribution in [0.4, 0.5) is 5.69 Å². The van der Waals surface area contributed by atoms with E-state index in [0.717, 1.165) is 33.3 Å². The number of aryl methyl sites for hydroxylation is 2. The fourth-order valence-corrected chi connectivity index (χ4v) is 4.44. The van der Waals surface area contributed by atoms with Gasteiger partial charge in [0.05, 0.1) is 23.9 Å². The number of anilines is 1. The van der Waals surface area contributed by atoms with Crippen LogP contribution in [0.15, 0.2) is 42.6 Å². The third kappa shape index (κ3) is 3.26. The van der Waals surface area contributed by atoms with Crippen LogP contribution in [-0.2, 0) is 6.54 Å². The molecule has 0 fully saturated rings. The minimum Gasteiger partial charge on any atom is -0.387 e. The zero-order chi connectivity index (χ0) is 22.6. The van der Waals surface area contributed by atoms with Crippen molar-refractivity contribution in [1.82, 2.24) is 19.7 Å². The predicted octanol–water partition coefficient (Wildman–Crippen LogP) is 4.13. The minimum absolute atomic E-state index is 0.0960. The molecule has 1 N–H and O–H groups in total. The van der Waals surface area contributed by atoms with Gasteiger partial charge >= 0.3 is 0 Å². The van der Waals surface area contributed by atoms with E-state index in [1.807, 2.05) is 50.4 Å². The van der Waals surface area contributed by atoms with Gasteiger partial charge in [-0.15, -0.1) is 0 Å². The quantitative estimate of drug-likeness (QED) is 0.531. The third-order valence-electron chi connectivity index (χ3n) is 6.09. The SMILES string of the molecule is Cc1ccc2nc(-c3ccc(N4CCn5nc(C(C)O)c(C)c5C4=O)c(C)c3)ncc2c1. The van der Waals surface area contributed by atoms with Gasteiger partial charge in [-0.25, -0.2) is 9.97 Å². The Morgan fingerprint density at radius 3 is 2.62 bits per heavy atom. The molecule has 4 aromatic rings. The number of carbonyl (C=O) groups is 1. The number of aromatic nitrogens is 4. The molecule has 1 aliphatic heterocycles. The molecule has 1 unspecified atom stereocenters. The van der Waals surface area contributed by atoms with Gasteiger partial charge in [0.25, 0.3) is 5.91 Å². The molecule has 1 aliphatic rings. The molecule has 0 saturated heterocycles. The molecule has 3 heterocycles. The van der Waals surface area contributed by atoms with Crippen molar-refractivity contribution in [2.75, 3.05) is 11.4 Å². The Balaban J connectivity index is 1.49. The molecule has 162 valence electrons. The fraction of sp³-hybridized carbons (Fsp3) is 0.280. The first kappa shape index (κ1) is 20.3. The average molecular weight is 428 g/mol. The number of carbonyl (C=O) groups excluding carboxylic acids is 1. The molecule has 0 bridgehead atoms. The van der Waals surface area contributed by atoms with Crippen LogP contribution >= 0.6 is 0 Å². The summed E-state index contributed by atoms with van der Waals surface area (Å²) in [5.41, 5.74) is 6.68. The van der Waals surface area contributed by atoms with E-state index in [4.69, 9.17) is 4.98 Å². The lowest BCUT2D eigenvalue weighted by Gasteiger charge is -2.29. The number of fused-ring (bicyclic) bond motifs is 2. The van der Waals surface area contributed by atoms with Crippen LogP contribution < -0.4 is 4.90 Å². The van der Waals surface area contributed by atoms with Crippen LogP contribution in [0.5, 0.6) is 0 Å². The first-order valence-corrected chi connectivity index (χ1v) is 10.7. The monoisotopic (exact) mass is 427 g/mol. The van der Waals surface area contributed by atoms with Crippen LogP contribution in [0.3, 0.4) is 0 Å². The van der Waals surface area contributed by atoms with Crippen molar-refractivity contribution >= 4 is 22.5 Å². The van der Waals surface area contributed by atoms with Gasteiger partial charge in [0.1, 0.15) is 5.69 Å². The number of nitrogens with zero attached hydrogens (tertiary/aromatic N) is 5. The second kappa shape index (κ2) is 7.53. The van der Waals surface area contributed by atoms with Crippen molar-refractivity contribution < 1.29 is 9.90 Å². The van der Waals surface area contributed by atoms with Gasteiger partial charge in [0.15, 0.2) is 5.82 Å². The van der Waals surface area contributed by atoms with Crippen LogP contribution in [-0.4, -0.2) is 37.3 Å². The Kier molecular flexibility index (Phi) is 4.78. The standard InChI is InChI=1S/C25H25N5O2/c1-14-5-7-20-19(11-14)13-26-24(27-20)18-6-8-21(15(2)12-18)29-9-10-30-23(25(29)32)16(3)22(28-30)17(4)31/h5-8,11-13,17,31H,9-10H2,1-4H3. The van der Waals surface area contributed by atoms with Crippen LogP contribution in [0.25, 0.3) is 22.3 Å². The number of amides is 1. The average Bonchev–Trinajstić information content (AvgIpc) is 3.11. The second-order valence-electron chi connectivity index (χ2n) is 8.47. The molecule has 5 rings (SSSR count). The number of hydrogen-bond acceptors (Lipinski definition) is 5. The predicted molar refractivity (Wildman–Crippen MR) is 124 cm³/mol. The molecule has 1 amide bonds. The summed E-state index contributed by atoms with van der Waals surface area (Å²) in [4.78, 5) is 24.4. The molecule has 1 atom stereocenters. The summed E-state index contributed by atoms with van der Waals surface area (Å²) in [6.07, 6.45) is 1.15. The summed E-state index contributed by atoms with van der Waals surface area (Å²) in [5.74, 6) is 0.567. The van der Waals surface area contributed by atoms with Crippen LogP contribution in [0.1, 0.15) is 45.9 Å². The number of benzene rings is 2. The van der Waals surface area contributed by atoms with Gasteiger partial charge in [0, 0.05) is 34.9 Å². The molecule has 7 heteroatoms. The van der Waals surface area contributed by atoms with E-state index in [-0.39, 0.29) is 5.91 Å². The van der Waals surface area contributed by atoms with E-state index >= 15 is 0 Å². The van der Waals surface area contributed by atoms with E-state index in [2.05, 4.69) is 23.1 Å². The number of hydrogen-bond donors (Lipinski definition) is 1. The maximum absolute atomic E-state index is 13.3. The molecular weight excluding hydrogens is 402 g/mol. The number of aliphatic hydroxyl groups excluding tert-OH is 1. The van der Waals surface area contributed by atoms with E-state index in [0.29, 0.717) is 30.3 Å². The largest absolute Gasteiger partial charge is 0.387 e. The lowest BCUT2D eigenvalue weighted by Crippen LogP contribution is -2.41. The highest BCUT2D eigenvalue weighted by Crippen LogP contribution is 2.31. The summed E-state index contributed by atoms with van der Waals surface area (Å²) < 4.78 is 1.71. The van der Waals surface area contributed by atoms with Gasteiger partial charge in [-0.05, 0) is 63.6 Å². The van der Waals surface area contributed by atoms with Crippen molar-refractivity contribution in [3.63, 3.8) is 0 Å². The van der Waals surface area contributed by atoms with E-state index < -0.39 is 6.10 Å². The van der Waals surface area contributed by atoms with Crippen molar-refractivity contribution in [2.24, 2.45) is 0 Å². The van der Waals surface area contributed by atoms with Gasteiger partial charge in [-0.3, -0.25) is 9.48 Å². The maximum atomic E-state index is 13.3. The van der Waals surface area contributed by atoms with E-state index in [1.165, 1.54) is 5.56 Å². The molecule has 0 spiro atoms. The second-order valence-corrected chi connectivity index (χ2v) is 8.47. The van der Waals surface area contributed by atoms with E-state index in [9.17, 15) is 9.90 Å². The molecule has 7 nitrogen and oxygen atoms in total. The van der Waals surface area contributed by atoms with Gasteiger partial charge in [0.2, 0.25) is 0 Å². The Morgan fingerprint density at radius 2 is 1.88 bits per heavy atom. The highest BCUT2D eigenvalue weighted by atomic mass is 16.3. The summed E-state index contributed by atoms with van der Waals surface area (Å²) in [6, 6.07) is 12.1. The lowest BCUT2D eigenvalue weighted by molar-refractivity contribution is 0.0961. The Hall–Kier alpha value is -3.58. The Labute approximate surface area is 186 Å². The Morgan fingerprint density at radius 1 is 1.06 bits per heavy atom. The highest BCUT2D eigenvalue weighted by Gasteiger charge is 2.32. The van der Waals surface area contributed by atoms with Crippen LogP contribution in [0, 0.1) is 20.8 Å². The highest BCUT2D eigenvalue weighted by molar-refractivity contribution is 6.07. The molecule has 0 aliphatic carbocycles. The molecule has 2 aromatic heterocycles. The topological polar surface area (TPSA) is 84.1 Å². The smallest absolute Gasteiger partial charge is 0.276 e. The minimum atomic E-state index is -0.707. The lowest BCUT2D eigenvalue weighted by atomic mass is 10.1. The Bertz CT molecular complexity index is 1370. The van der Waals surface area contributed by atoms with E-state index in [1.54, 1.807) is 16.5 Å². The first-order valence-electron chi connectivity index (χ1n) is 10.7. The molecule has 2 aromatic carbocycles.